The monoisotopic (exact) mass is 512 g/mol. The van der Waals surface area contributed by atoms with Crippen LogP contribution in [0.15, 0.2) is 134 Å². The van der Waals surface area contributed by atoms with Crippen LogP contribution in [0.1, 0.15) is 11.1 Å². The van der Waals surface area contributed by atoms with Crippen LogP contribution in [-0.4, -0.2) is 9.97 Å². The average molecular weight is 513 g/mol. The maximum atomic E-state index is 4.62. The molecule has 0 saturated carbocycles. The molecule has 190 valence electrons. The van der Waals surface area contributed by atoms with Gasteiger partial charge in [0.1, 0.15) is 0 Å². The van der Waals surface area contributed by atoms with E-state index in [-0.39, 0.29) is 0 Å². The number of fused-ring (bicyclic) bond motifs is 2. The van der Waals surface area contributed by atoms with E-state index < -0.39 is 0 Å². The summed E-state index contributed by atoms with van der Waals surface area (Å²) in [7, 11) is 0. The molecule has 0 atom stereocenters. The summed E-state index contributed by atoms with van der Waals surface area (Å²) >= 11 is 0. The lowest BCUT2D eigenvalue weighted by Gasteiger charge is -2.18. The van der Waals surface area contributed by atoms with Crippen LogP contribution in [0.3, 0.4) is 0 Å². The highest BCUT2D eigenvalue weighted by Crippen LogP contribution is 2.44. The molecule has 0 unspecified atom stereocenters. The fourth-order valence-corrected chi connectivity index (χ4v) is 5.95. The SMILES string of the molecule is Cc1cnccc1-c1ccc(-c2c3ccccc3c(-c3ccc(-c4ncccc4C)cc3)c3ccccc23)cc1. The molecule has 0 saturated heterocycles. The molecule has 0 aliphatic rings. The Kier molecular flexibility index (Phi) is 5.94. The lowest BCUT2D eigenvalue weighted by Crippen LogP contribution is -1.92. The van der Waals surface area contributed by atoms with Gasteiger partial charge in [-0.3, -0.25) is 9.97 Å². The third kappa shape index (κ3) is 4.06. The second-order valence-corrected chi connectivity index (χ2v) is 10.4. The van der Waals surface area contributed by atoms with Crippen LogP contribution in [0.4, 0.5) is 0 Å². The van der Waals surface area contributed by atoms with Crippen LogP contribution >= 0.6 is 0 Å². The van der Waals surface area contributed by atoms with E-state index in [1.165, 1.54) is 66.1 Å². The molecule has 0 fully saturated rings. The topological polar surface area (TPSA) is 25.8 Å². The average Bonchev–Trinajstić information content (AvgIpc) is 3.01. The first-order valence-electron chi connectivity index (χ1n) is 13.7. The molecule has 0 bridgehead atoms. The van der Waals surface area contributed by atoms with Gasteiger partial charge in [-0.15, -0.1) is 0 Å². The molecule has 2 heterocycles. The third-order valence-corrected chi connectivity index (χ3v) is 7.89. The van der Waals surface area contributed by atoms with Crippen molar-refractivity contribution in [3.05, 3.63) is 145 Å². The van der Waals surface area contributed by atoms with Crippen LogP contribution in [0, 0.1) is 13.8 Å². The smallest absolute Gasteiger partial charge is 0.0731 e. The highest BCUT2D eigenvalue weighted by Gasteiger charge is 2.17. The van der Waals surface area contributed by atoms with Crippen LogP contribution in [0.25, 0.3) is 66.2 Å². The van der Waals surface area contributed by atoms with Crippen LogP contribution in [-0.2, 0) is 0 Å². The zero-order valence-electron chi connectivity index (χ0n) is 22.6. The zero-order valence-corrected chi connectivity index (χ0v) is 22.6. The Morgan fingerprint density at radius 2 is 0.925 bits per heavy atom. The summed E-state index contributed by atoms with van der Waals surface area (Å²) in [6.07, 6.45) is 5.65. The lowest BCUT2D eigenvalue weighted by atomic mass is 9.85. The minimum Gasteiger partial charge on any atom is -0.264 e. The Balaban J connectivity index is 1.42. The van der Waals surface area contributed by atoms with Gasteiger partial charge in [-0.05, 0) is 92.0 Å². The largest absolute Gasteiger partial charge is 0.264 e. The Morgan fingerprint density at radius 3 is 1.43 bits per heavy atom. The molecule has 0 aliphatic heterocycles. The normalized spacial score (nSPS) is 11.2. The van der Waals surface area contributed by atoms with E-state index in [0.717, 1.165) is 11.3 Å². The molecule has 7 rings (SSSR count). The van der Waals surface area contributed by atoms with E-state index in [1.807, 2.05) is 24.7 Å². The van der Waals surface area contributed by atoms with Gasteiger partial charge >= 0.3 is 0 Å². The molecule has 7 aromatic rings. The first-order chi connectivity index (χ1) is 19.7. The van der Waals surface area contributed by atoms with Gasteiger partial charge in [0.15, 0.2) is 0 Å². The Bertz CT molecular complexity index is 1800. The number of hydrogen-bond acceptors (Lipinski definition) is 2. The number of benzene rings is 5. The Morgan fingerprint density at radius 1 is 0.425 bits per heavy atom. The first kappa shape index (κ1) is 24.0. The number of hydrogen-bond donors (Lipinski definition) is 0. The van der Waals surface area contributed by atoms with Gasteiger partial charge in [0, 0.05) is 24.2 Å². The van der Waals surface area contributed by atoms with Crippen molar-refractivity contribution in [3.8, 4) is 44.6 Å². The van der Waals surface area contributed by atoms with E-state index in [9.17, 15) is 0 Å². The Labute approximate surface area is 234 Å². The van der Waals surface area contributed by atoms with Crippen molar-refractivity contribution in [3.63, 3.8) is 0 Å². The molecular weight excluding hydrogens is 484 g/mol. The van der Waals surface area contributed by atoms with Crippen molar-refractivity contribution in [2.45, 2.75) is 13.8 Å². The van der Waals surface area contributed by atoms with E-state index in [1.54, 1.807) is 0 Å². The van der Waals surface area contributed by atoms with Gasteiger partial charge in [-0.25, -0.2) is 0 Å². The van der Waals surface area contributed by atoms with Crippen molar-refractivity contribution in [2.75, 3.05) is 0 Å². The molecule has 5 aromatic carbocycles. The van der Waals surface area contributed by atoms with Crippen LogP contribution < -0.4 is 0 Å². The highest BCUT2D eigenvalue weighted by atomic mass is 14.7. The fraction of sp³-hybridized carbons (Fsp3) is 0.0526. The molecular formula is C38H28N2. The molecule has 2 aromatic heterocycles. The minimum absolute atomic E-state index is 1.03. The highest BCUT2D eigenvalue weighted by molar-refractivity contribution is 6.21. The number of nitrogens with zero attached hydrogens (tertiary/aromatic N) is 2. The maximum Gasteiger partial charge on any atom is 0.0731 e. The van der Waals surface area contributed by atoms with E-state index >= 15 is 0 Å². The second-order valence-electron chi connectivity index (χ2n) is 10.4. The molecule has 2 nitrogen and oxygen atoms in total. The van der Waals surface area contributed by atoms with Crippen LogP contribution in [0.5, 0.6) is 0 Å². The molecule has 40 heavy (non-hydrogen) atoms. The van der Waals surface area contributed by atoms with Gasteiger partial charge in [-0.1, -0.05) is 103 Å². The number of aromatic nitrogens is 2. The van der Waals surface area contributed by atoms with E-state index in [0.29, 0.717) is 0 Å². The minimum atomic E-state index is 1.03. The summed E-state index contributed by atoms with van der Waals surface area (Å²) in [5.41, 5.74) is 11.9. The van der Waals surface area contributed by atoms with Gasteiger partial charge in [0.25, 0.3) is 0 Å². The summed E-state index contributed by atoms with van der Waals surface area (Å²) < 4.78 is 0. The third-order valence-electron chi connectivity index (χ3n) is 7.89. The summed E-state index contributed by atoms with van der Waals surface area (Å²) in [4.78, 5) is 8.88. The standard InChI is InChI=1S/C38H28N2/c1-25-8-7-22-40-38(25)30-19-17-29(18-20-30)37-34-11-5-3-9-32(34)36(33-10-4-6-12-35(33)37)28-15-13-27(14-16-28)31-21-23-39-24-26(31)2/h3-24H,1-2H3. The zero-order chi connectivity index (χ0) is 27.1. The van der Waals surface area contributed by atoms with Crippen molar-refractivity contribution < 1.29 is 0 Å². The summed E-state index contributed by atoms with van der Waals surface area (Å²) in [6, 6.07) is 41.6. The van der Waals surface area contributed by atoms with Crippen molar-refractivity contribution in [1.82, 2.24) is 9.97 Å². The van der Waals surface area contributed by atoms with Crippen molar-refractivity contribution in [1.29, 1.82) is 0 Å². The predicted octanol–water partition coefficient (Wildman–Crippen LogP) is 10.1. The molecule has 0 aliphatic carbocycles. The van der Waals surface area contributed by atoms with Gasteiger partial charge < -0.3 is 0 Å². The van der Waals surface area contributed by atoms with Gasteiger partial charge in [-0.2, -0.15) is 0 Å². The van der Waals surface area contributed by atoms with E-state index in [2.05, 4.69) is 133 Å². The van der Waals surface area contributed by atoms with E-state index in [4.69, 9.17) is 0 Å². The number of pyridine rings is 2. The molecule has 0 amide bonds. The first-order valence-corrected chi connectivity index (χ1v) is 13.7. The molecule has 2 heteroatoms. The Hall–Kier alpha value is -5.08. The molecule has 0 spiro atoms. The number of rotatable bonds is 4. The van der Waals surface area contributed by atoms with Crippen molar-refractivity contribution in [2.24, 2.45) is 0 Å². The fourth-order valence-electron chi connectivity index (χ4n) is 5.95. The summed E-state index contributed by atoms with van der Waals surface area (Å²) in [5.74, 6) is 0. The summed E-state index contributed by atoms with van der Waals surface area (Å²) in [6.45, 7) is 4.22. The quantitative estimate of drug-likeness (QED) is 0.219. The second kappa shape index (κ2) is 9.91. The van der Waals surface area contributed by atoms with Crippen LogP contribution in [0.2, 0.25) is 0 Å². The molecule has 0 N–H and O–H groups in total. The summed E-state index contributed by atoms with van der Waals surface area (Å²) in [5, 5.41) is 5.03. The molecule has 0 radical (unpaired) electrons. The van der Waals surface area contributed by atoms with Crippen molar-refractivity contribution >= 4 is 21.5 Å². The lowest BCUT2D eigenvalue weighted by molar-refractivity contribution is 1.27. The maximum absolute atomic E-state index is 4.62. The van der Waals surface area contributed by atoms with Gasteiger partial charge in [0.05, 0.1) is 5.69 Å². The number of aryl methyl sites for hydroxylation is 2. The predicted molar refractivity (Wildman–Crippen MR) is 168 cm³/mol. The van der Waals surface area contributed by atoms with Gasteiger partial charge in [0.2, 0.25) is 0 Å².